The van der Waals surface area contributed by atoms with Gasteiger partial charge in [0, 0.05) is 17.7 Å². The normalized spacial score (nSPS) is 9.96. The third-order valence-electron chi connectivity index (χ3n) is 3.84. The number of benzene rings is 1. The fraction of sp³-hybridized carbons (Fsp3) is 0.250. The number of aryl methyl sites for hydroxylation is 1. The molecule has 0 aliphatic heterocycles. The molecule has 0 saturated heterocycles. The monoisotopic (exact) mass is 398 g/mol. The van der Waals surface area contributed by atoms with E-state index in [4.69, 9.17) is 10.3 Å². The van der Waals surface area contributed by atoms with E-state index in [1.54, 1.807) is 16.0 Å². The molecule has 4 aromatic rings. The molecule has 7 nitrogen and oxygen atoms in total. The first kappa shape index (κ1) is 21.3. The first-order valence-corrected chi connectivity index (χ1v) is 9.80. The van der Waals surface area contributed by atoms with Crippen molar-refractivity contribution >= 4 is 22.4 Å². The van der Waals surface area contributed by atoms with Crippen molar-refractivity contribution in [1.29, 1.82) is 0 Å². The van der Waals surface area contributed by atoms with Crippen LogP contribution in [0, 0.1) is 0 Å². The van der Waals surface area contributed by atoms with Gasteiger partial charge in [-0.1, -0.05) is 25.1 Å². The first-order chi connectivity index (χ1) is 13.7. The summed E-state index contributed by atoms with van der Waals surface area (Å²) in [5.41, 5.74) is 7.19. The van der Waals surface area contributed by atoms with Crippen LogP contribution in [-0.2, 0) is 19.3 Å². The number of hydrogen-bond acceptors (Lipinski definition) is 7. The number of rotatable bonds is 5. The number of thiophene rings is 1. The smallest absolute Gasteiger partial charge is 0.181 e. The Morgan fingerprint density at radius 1 is 1.21 bits per heavy atom. The second-order valence-corrected chi connectivity index (χ2v) is 6.69. The highest BCUT2D eigenvalue weighted by atomic mass is 32.1. The molecule has 0 radical (unpaired) electrons. The minimum atomic E-state index is 0.625. The molecule has 0 aliphatic carbocycles. The fourth-order valence-corrected chi connectivity index (χ4v) is 3.19. The third kappa shape index (κ3) is 5.51. The van der Waals surface area contributed by atoms with E-state index in [9.17, 15) is 0 Å². The number of hydrogen-bond donors (Lipinski definition) is 2. The molecule has 1 aromatic carbocycles. The molecule has 0 saturated carbocycles. The molecule has 3 aromatic heterocycles. The Morgan fingerprint density at radius 2 is 2.00 bits per heavy atom. The highest BCUT2D eigenvalue weighted by Gasteiger charge is 2.09. The third-order valence-corrected chi connectivity index (χ3v) is 4.74. The summed E-state index contributed by atoms with van der Waals surface area (Å²) in [6, 6.07) is 10.0. The topological polar surface area (TPSA) is 109 Å². The largest absolute Gasteiger partial charge is 0.443 e. The van der Waals surface area contributed by atoms with E-state index in [2.05, 4.69) is 45.0 Å². The van der Waals surface area contributed by atoms with Crippen LogP contribution in [0.15, 0.2) is 59.2 Å². The van der Waals surface area contributed by atoms with E-state index < -0.39 is 0 Å². The van der Waals surface area contributed by atoms with Crippen LogP contribution in [0.25, 0.3) is 11.1 Å². The van der Waals surface area contributed by atoms with E-state index >= 15 is 0 Å². The van der Waals surface area contributed by atoms with Crippen molar-refractivity contribution in [2.24, 2.45) is 5.73 Å². The van der Waals surface area contributed by atoms with Crippen LogP contribution in [0.1, 0.15) is 29.0 Å². The van der Waals surface area contributed by atoms with Crippen molar-refractivity contribution in [2.75, 3.05) is 12.9 Å². The lowest BCUT2D eigenvalue weighted by molar-refractivity contribution is 0.601. The van der Waals surface area contributed by atoms with Gasteiger partial charge in [0.15, 0.2) is 23.6 Å². The van der Waals surface area contributed by atoms with Gasteiger partial charge in [-0.15, -0.1) is 28.1 Å². The average Bonchev–Trinajstić information content (AvgIpc) is 3.47. The first-order valence-electron chi connectivity index (χ1n) is 8.92. The van der Waals surface area contributed by atoms with Crippen LogP contribution < -0.4 is 11.6 Å². The zero-order valence-electron chi connectivity index (χ0n) is 16.2. The molecular formula is C20H26N6OS. The zero-order chi connectivity index (χ0) is 20.4. The van der Waals surface area contributed by atoms with E-state index in [1.165, 1.54) is 18.3 Å². The van der Waals surface area contributed by atoms with Crippen LogP contribution in [0.2, 0.25) is 0 Å². The van der Waals surface area contributed by atoms with Crippen molar-refractivity contribution < 1.29 is 4.42 Å². The number of allylic oxidation sites excluding steroid dienone is 1. The van der Waals surface area contributed by atoms with Gasteiger partial charge in [0.05, 0.1) is 0 Å². The highest BCUT2D eigenvalue weighted by molar-refractivity contribution is 7.09. The predicted octanol–water partition coefficient (Wildman–Crippen LogP) is 3.34. The summed E-state index contributed by atoms with van der Waals surface area (Å²) >= 11 is 1.78. The zero-order valence-corrected chi connectivity index (χ0v) is 17.0. The molecule has 8 heteroatoms. The highest BCUT2D eigenvalue weighted by Crippen LogP contribution is 2.16. The molecule has 0 fully saturated rings. The van der Waals surface area contributed by atoms with Gasteiger partial charge in [0.2, 0.25) is 0 Å². The molecule has 0 spiro atoms. The summed E-state index contributed by atoms with van der Waals surface area (Å²) in [7, 11) is 1.50. The van der Waals surface area contributed by atoms with E-state index in [0.29, 0.717) is 6.42 Å². The van der Waals surface area contributed by atoms with Gasteiger partial charge in [-0.05, 0) is 42.6 Å². The van der Waals surface area contributed by atoms with Crippen LogP contribution in [0.4, 0.5) is 0 Å². The molecular weight excluding hydrogens is 372 g/mol. The van der Waals surface area contributed by atoms with Gasteiger partial charge in [-0.3, -0.25) is 0 Å². The van der Waals surface area contributed by atoms with E-state index in [1.807, 2.05) is 31.2 Å². The minimum absolute atomic E-state index is 0.625. The molecule has 0 amide bonds. The average molecular weight is 399 g/mol. The van der Waals surface area contributed by atoms with E-state index in [-0.39, 0.29) is 0 Å². The second kappa shape index (κ2) is 11.0. The van der Waals surface area contributed by atoms with Crippen LogP contribution in [0.5, 0.6) is 0 Å². The molecule has 148 valence electrons. The number of nitrogen functional groups attached to an aromatic ring is 1. The molecule has 0 unspecified atom stereocenters. The fourth-order valence-electron chi connectivity index (χ4n) is 2.49. The molecule has 28 heavy (non-hydrogen) atoms. The summed E-state index contributed by atoms with van der Waals surface area (Å²) in [6.07, 6.45) is 5.77. The molecule has 0 atom stereocenters. The Bertz CT molecular complexity index is 974. The van der Waals surface area contributed by atoms with Gasteiger partial charge in [-0.25, -0.2) is 9.66 Å². The molecule has 0 aliphatic rings. The van der Waals surface area contributed by atoms with Crippen LogP contribution >= 0.6 is 11.3 Å². The Kier molecular flexibility index (Phi) is 8.38. The number of fused-ring (bicyclic) bond motifs is 1. The standard InChI is InChI=1S/C12H13N5O.C7H8S.CH5N/c1-2-11-15-16-12(17(11)13)6-8-3-4-9-10(5-8)18-7-14-9;1-2-4-7-5-3-6-8-7;1-2/h3-5,7H,2,6,13H2,1H3;2-3,5-6H,1,4H2;2H2,1H3. The minimum Gasteiger partial charge on any atom is -0.443 e. The van der Waals surface area contributed by atoms with Crippen molar-refractivity contribution in [1.82, 2.24) is 19.9 Å². The maximum Gasteiger partial charge on any atom is 0.181 e. The van der Waals surface area contributed by atoms with Crippen molar-refractivity contribution in [3.8, 4) is 0 Å². The Balaban J connectivity index is 0.000000236. The van der Waals surface area contributed by atoms with Gasteiger partial charge in [0.1, 0.15) is 5.52 Å². The number of nitrogens with two attached hydrogens (primary N) is 2. The summed E-state index contributed by atoms with van der Waals surface area (Å²) in [5, 5.41) is 10.2. The Labute approximate surface area is 168 Å². The Hall–Kier alpha value is -2.97. The summed E-state index contributed by atoms with van der Waals surface area (Å²) in [6.45, 7) is 5.64. The summed E-state index contributed by atoms with van der Waals surface area (Å²) in [4.78, 5) is 5.47. The van der Waals surface area contributed by atoms with Crippen molar-refractivity contribution in [2.45, 2.75) is 26.2 Å². The van der Waals surface area contributed by atoms with Crippen molar-refractivity contribution in [3.63, 3.8) is 0 Å². The number of aromatic nitrogens is 4. The lowest BCUT2D eigenvalue weighted by atomic mass is 10.1. The lowest BCUT2D eigenvalue weighted by Crippen LogP contribution is -2.16. The van der Waals surface area contributed by atoms with Crippen LogP contribution in [-0.4, -0.2) is 26.9 Å². The summed E-state index contributed by atoms with van der Waals surface area (Å²) < 4.78 is 6.81. The molecule has 0 bridgehead atoms. The number of nitrogens with zero attached hydrogens (tertiary/aromatic N) is 4. The van der Waals surface area contributed by atoms with E-state index in [0.717, 1.165) is 41.2 Å². The predicted molar refractivity (Wildman–Crippen MR) is 115 cm³/mol. The maximum atomic E-state index is 5.91. The quantitative estimate of drug-likeness (QED) is 0.394. The van der Waals surface area contributed by atoms with Gasteiger partial charge in [-0.2, -0.15) is 0 Å². The molecule has 4 rings (SSSR count). The van der Waals surface area contributed by atoms with Gasteiger partial charge in [0.25, 0.3) is 0 Å². The summed E-state index contributed by atoms with van der Waals surface area (Å²) in [5.74, 6) is 7.43. The van der Waals surface area contributed by atoms with Crippen molar-refractivity contribution in [3.05, 3.63) is 76.8 Å². The Morgan fingerprint density at radius 3 is 2.64 bits per heavy atom. The maximum absolute atomic E-state index is 5.91. The second-order valence-electron chi connectivity index (χ2n) is 5.66. The number of oxazole rings is 1. The van der Waals surface area contributed by atoms with Gasteiger partial charge < -0.3 is 16.0 Å². The van der Waals surface area contributed by atoms with Gasteiger partial charge >= 0.3 is 0 Å². The molecule has 3 heterocycles. The lowest BCUT2D eigenvalue weighted by Gasteiger charge is -2.02. The molecule has 4 N–H and O–H groups in total. The SMILES string of the molecule is C=CCc1cccs1.CCc1nnc(Cc2ccc3ncoc3c2)n1N.CN. The van der Waals surface area contributed by atoms with Crippen LogP contribution in [0.3, 0.4) is 0 Å².